The van der Waals surface area contributed by atoms with E-state index in [1.54, 1.807) is 0 Å². The number of carbonyl (C=O) groups is 1. The molecular weight excluding hydrogens is 242 g/mol. The average Bonchev–Trinajstić information content (AvgIpc) is 2.47. The Kier molecular flexibility index (Phi) is 4.43. The Morgan fingerprint density at radius 1 is 1.26 bits per heavy atom. The van der Waals surface area contributed by atoms with Crippen molar-refractivity contribution in [3.8, 4) is 6.07 Å². The molecule has 0 saturated carbocycles. The van der Waals surface area contributed by atoms with Crippen molar-refractivity contribution in [1.82, 2.24) is 9.80 Å². The third kappa shape index (κ3) is 3.26. The van der Waals surface area contributed by atoms with E-state index in [1.165, 1.54) is 0 Å². The first-order chi connectivity index (χ1) is 9.06. The van der Waals surface area contributed by atoms with Crippen LogP contribution in [0, 0.1) is 16.7 Å². The lowest BCUT2D eigenvalue weighted by Crippen LogP contribution is -2.53. The molecule has 1 unspecified atom stereocenters. The van der Waals surface area contributed by atoms with Gasteiger partial charge in [-0.15, -0.1) is 0 Å². The van der Waals surface area contributed by atoms with Crippen molar-refractivity contribution < 1.29 is 9.53 Å². The SMILES string of the molecule is CC(C(=O)N1CCOCC1)N1CCC(C)(C#N)CC1. The van der Waals surface area contributed by atoms with Gasteiger partial charge in [-0.3, -0.25) is 9.69 Å². The standard InChI is InChI=1S/C14H23N3O2/c1-12(13(18)17-7-9-19-10-8-17)16-5-3-14(2,11-15)4-6-16/h12H,3-10H2,1-2H3. The number of carbonyl (C=O) groups excluding carboxylic acids is 1. The van der Waals surface area contributed by atoms with E-state index < -0.39 is 0 Å². The van der Waals surface area contributed by atoms with Crippen LogP contribution in [0.1, 0.15) is 26.7 Å². The van der Waals surface area contributed by atoms with Gasteiger partial charge in [-0.05, 0) is 26.7 Å². The molecule has 2 aliphatic rings. The fourth-order valence-electron chi connectivity index (χ4n) is 2.72. The predicted molar refractivity (Wildman–Crippen MR) is 71.4 cm³/mol. The molecule has 2 heterocycles. The highest BCUT2D eigenvalue weighted by Gasteiger charge is 2.34. The van der Waals surface area contributed by atoms with Crippen LogP contribution in [0.15, 0.2) is 0 Å². The monoisotopic (exact) mass is 265 g/mol. The maximum atomic E-state index is 12.4. The molecule has 5 nitrogen and oxygen atoms in total. The summed E-state index contributed by atoms with van der Waals surface area (Å²) in [4.78, 5) is 16.5. The van der Waals surface area contributed by atoms with Gasteiger partial charge < -0.3 is 9.64 Å². The second-order valence-corrected chi connectivity index (χ2v) is 5.82. The molecule has 0 N–H and O–H groups in total. The molecule has 0 spiro atoms. The smallest absolute Gasteiger partial charge is 0.239 e. The van der Waals surface area contributed by atoms with E-state index in [-0.39, 0.29) is 17.4 Å². The molecule has 106 valence electrons. The lowest BCUT2D eigenvalue weighted by atomic mass is 9.81. The van der Waals surface area contributed by atoms with Gasteiger partial charge in [0.15, 0.2) is 0 Å². The Hall–Kier alpha value is -1.12. The highest BCUT2D eigenvalue weighted by atomic mass is 16.5. The first-order valence-electron chi connectivity index (χ1n) is 7.07. The van der Waals surface area contributed by atoms with Gasteiger partial charge in [0, 0.05) is 26.2 Å². The van der Waals surface area contributed by atoms with E-state index in [0.717, 1.165) is 25.9 Å². The van der Waals surface area contributed by atoms with Crippen molar-refractivity contribution in [2.24, 2.45) is 5.41 Å². The normalized spacial score (nSPS) is 25.6. The average molecular weight is 265 g/mol. The van der Waals surface area contributed by atoms with Gasteiger partial charge in [0.25, 0.3) is 0 Å². The zero-order valence-corrected chi connectivity index (χ0v) is 11.9. The third-order valence-corrected chi connectivity index (χ3v) is 4.40. The van der Waals surface area contributed by atoms with Crippen molar-refractivity contribution >= 4 is 5.91 Å². The van der Waals surface area contributed by atoms with Crippen LogP contribution in [0.5, 0.6) is 0 Å². The van der Waals surface area contributed by atoms with Gasteiger partial charge in [0.05, 0.1) is 30.7 Å². The summed E-state index contributed by atoms with van der Waals surface area (Å²) in [5.74, 6) is 0.198. The zero-order valence-electron chi connectivity index (χ0n) is 11.9. The number of rotatable bonds is 2. The number of hydrogen-bond donors (Lipinski definition) is 0. The number of nitrogens with zero attached hydrogens (tertiary/aromatic N) is 3. The van der Waals surface area contributed by atoms with Crippen molar-refractivity contribution in [3.05, 3.63) is 0 Å². The summed E-state index contributed by atoms with van der Waals surface area (Å²) in [6.07, 6.45) is 1.70. The number of piperidine rings is 1. The molecule has 0 aliphatic carbocycles. The van der Waals surface area contributed by atoms with E-state index in [0.29, 0.717) is 26.3 Å². The Morgan fingerprint density at radius 2 is 1.84 bits per heavy atom. The molecular formula is C14H23N3O2. The van der Waals surface area contributed by atoms with Gasteiger partial charge >= 0.3 is 0 Å². The quantitative estimate of drug-likeness (QED) is 0.743. The van der Waals surface area contributed by atoms with E-state index in [4.69, 9.17) is 10.00 Å². The number of likely N-dealkylation sites (tertiary alicyclic amines) is 1. The fourth-order valence-corrected chi connectivity index (χ4v) is 2.72. The fraction of sp³-hybridized carbons (Fsp3) is 0.857. The molecule has 0 aromatic heterocycles. The number of amides is 1. The summed E-state index contributed by atoms with van der Waals surface area (Å²) in [5, 5.41) is 9.13. The van der Waals surface area contributed by atoms with Crippen LogP contribution in [0.2, 0.25) is 0 Å². The van der Waals surface area contributed by atoms with E-state index in [2.05, 4.69) is 11.0 Å². The molecule has 2 saturated heterocycles. The minimum Gasteiger partial charge on any atom is -0.378 e. The largest absolute Gasteiger partial charge is 0.378 e. The van der Waals surface area contributed by atoms with Crippen LogP contribution < -0.4 is 0 Å². The minimum absolute atomic E-state index is 0.0821. The summed E-state index contributed by atoms with van der Waals surface area (Å²) in [6.45, 7) is 8.35. The molecule has 5 heteroatoms. The molecule has 19 heavy (non-hydrogen) atoms. The number of morpholine rings is 1. The van der Waals surface area contributed by atoms with Crippen LogP contribution >= 0.6 is 0 Å². The van der Waals surface area contributed by atoms with Crippen LogP contribution in [-0.4, -0.2) is 61.1 Å². The maximum Gasteiger partial charge on any atom is 0.239 e. The number of hydrogen-bond acceptors (Lipinski definition) is 4. The van der Waals surface area contributed by atoms with Crippen molar-refractivity contribution in [2.45, 2.75) is 32.7 Å². The van der Waals surface area contributed by atoms with E-state index in [9.17, 15) is 4.79 Å². The Bertz CT molecular complexity index is 363. The summed E-state index contributed by atoms with van der Waals surface area (Å²) in [5.41, 5.74) is -0.210. The predicted octanol–water partition coefficient (Wildman–Crippen LogP) is 0.859. The second kappa shape index (κ2) is 5.89. The molecule has 0 aromatic carbocycles. The topological polar surface area (TPSA) is 56.6 Å². The van der Waals surface area contributed by atoms with Gasteiger partial charge in [-0.2, -0.15) is 5.26 Å². The Morgan fingerprint density at radius 3 is 2.37 bits per heavy atom. The molecule has 1 amide bonds. The zero-order chi connectivity index (χ0) is 13.9. The third-order valence-electron chi connectivity index (χ3n) is 4.40. The van der Waals surface area contributed by atoms with Crippen molar-refractivity contribution in [2.75, 3.05) is 39.4 Å². The first kappa shape index (κ1) is 14.3. The first-order valence-corrected chi connectivity index (χ1v) is 7.07. The molecule has 2 rings (SSSR count). The van der Waals surface area contributed by atoms with Crippen LogP contribution in [-0.2, 0) is 9.53 Å². The van der Waals surface area contributed by atoms with Crippen molar-refractivity contribution in [3.63, 3.8) is 0 Å². The van der Waals surface area contributed by atoms with Gasteiger partial charge in [-0.1, -0.05) is 0 Å². The lowest BCUT2D eigenvalue weighted by molar-refractivity contribution is -0.141. The summed E-state index contributed by atoms with van der Waals surface area (Å²) in [7, 11) is 0. The molecule has 1 atom stereocenters. The highest BCUT2D eigenvalue weighted by Crippen LogP contribution is 2.30. The summed E-state index contributed by atoms with van der Waals surface area (Å²) >= 11 is 0. The molecule has 0 aromatic rings. The van der Waals surface area contributed by atoms with Gasteiger partial charge in [-0.25, -0.2) is 0 Å². The Labute approximate surface area is 115 Å². The van der Waals surface area contributed by atoms with Crippen molar-refractivity contribution in [1.29, 1.82) is 5.26 Å². The second-order valence-electron chi connectivity index (χ2n) is 5.82. The molecule has 2 fully saturated rings. The number of ether oxygens (including phenoxy) is 1. The van der Waals surface area contributed by atoms with Crippen LogP contribution in [0.3, 0.4) is 0 Å². The van der Waals surface area contributed by atoms with Crippen LogP contribution in [0.25, 0.3) is 0 Å². The van der Waals surface area contributed by atoms with Gasteiger partial charge in [0.1, 0.15) is 0 Å². The Balaban J connectivity index is 1.88. The summed E-state index contributed by atoms with van der Waals surface area (Å²) in [6, 6.07) is 2.31. The summed E-state index contributed by atoms with van der Waals surface area (Å²) < 4.78 is 5.27. The van der Waals surface area contributed by atoms with Gasteiger partial charge in [0.2, 0.25) is 5.91 Å². The minimum atomic E-state index is -0.210. The van der Waals surface area contributed by atoms with E-state index in [1.807, 2.05) is 18.7 Å². The molecule has 0 radical (unpaired) electrons. The number of nitriles is 1. The lowest BCUT2D eigenvalue weighted by Gasteiger charge is -2.39. The van der Waals surface area contributed by atoms with E-state index >= 15 is 0 Å². The molecule has 0 bridgehead atoms. The highest BCUT2D eigenvalue weighted by molar-refractivity contribution is 5.81. The maximum absolute atomic E-state index is 12.4. The van der Waals surface area contributed by atoms with Crippen LogP contribution in [0.4, 0.5) is 0 Å². The molecule has 2 aliphatic heterocycles.